The van der Waals surface area contributed by atoms with E-state index < -0.39 is 5.97 Å². The van der Waals surface area contributed by atoms with E-state index in [9.17, 15) is 4.79 Å². The molecule has 0 amide bonds. The van der Waals surface area contributed by atoms with Gasteiger partial charge in [0.1, 0.15) is 5.75 Å². The number of hydrogen-bond acceptors (Lipinski definition) is 2. The van der Waals surface area contributed by atoms with Gasteiger partial charge in [-0.2, -0.15) is 0 Å². The molecule has 0 aliphatic heterocycles. The quantitative estimate of drug-likeness (QED) is 0.807. The van der Waals surface area contributed by atoms with Crippen molar-refractivity contribution in [3.63, 3.8) is 0 Å². The maximum Gasteiger partial charge on any atom is 0.303 e. The zero-order valence-corrected chi connectivity index (χ0v) is 12.3. The van der Waals surface area contributed by atoms with Crippen LogP contribution < -0.4 is 4.74 Å². The summed E-state index contributed by atoms with van der Waals surface area (Å²) in [6.45, 7) is 8.69. The van der Waals surface area contributed by atoms with Gasteiger partial charge in [0, 0.05) is 0 Å². The van der Waals surface area contributed by atoms with Crippen molar-refractivity contribution in [1.29, 1.82) is 0 Å². The standard InChI is InChI=1S/C16H24O3/c1-5-7-13(10-15(17)18)14-9-11(3)8-12(4)16(14)19-6-2/h8-9,13H,5-7,10H2,1-4H3,(H,17,18). The van der Waals surface area contributed by atoms with E-state index in [4.69, 9.17) is 9.84 Å². The summed E-state index contributed by atoms with van der Waals surface area (Å²) in [6.07, 6.45) is 2.00. The van der Waals surface area contributed by atoms with Crippen molar-refractivity contribution >= 4 is 5.97 Å². The van der Waals surface area contributed by atoms with Gasteiger partial charge < -0.3 is 9.84 Å². The van der Waals surface area contributed by atoms with Gasteiger partial charge in [-0.15, -0.1) is 0 Å². The number of carbonyl (C=O) groups is 1. The summed E-state index contributed by atoms with van der Waals surface area (Å²) in [7, 11) is 0. The fraction of sp³-hybridized carbons (Fsp3) is 0.562. The lowest BCUT2D eigenvalue weighted by Crippen LogP contribution is -2.10. The second-order valence-corrected chi connectivity index (χ2v) is 5.02. The highest BCUT2D eigenvalue weighted by molar-refractivity contribution is 5.68. The molecule has 0 saturated heterocycles. The van der Waals surface area contributed by atoms with Gasteiger partial charge in [0.25, 0.3) is 0 Å². The molecule has 1 aromatic rings. The molecule has 0 radical (unpaired) electrons. The Balaban J connectivity index is 3.21. The van der Waals surface area contributed by atoms with Gasteiger partial charge in [0.05, 0.1) is 13.0 Å². The van der Waals surface area contributed by atoms with Crippen molar-refractivity contribution in [2.24, 2.45) is 0 Å². The van der Waals surface area contributed by atoms with E-state index in [1.807, 2.05) is 20.8 Å². The summed E-state index contributed by atoms with van der Waals surface area (Å²) in [5.74, 6) is 0.149. The zero-order chi connectivity index (χ0) is 14.4. The summed E-state index contributed by atoms with van der Waals surface area (Å²) in [5, 5.41) is 9.09. The minimum Gasteiger partial charge on any atom is -0.493 e. The molecule has 0 saturated carbocycles. The molecule has 0 aliphatic carbocycles. The number of aliphatic carboxylic acids is 1. The number of aryl methyl sites for hydroxylation is 2. The Bertz CT molecular complexity index is 438. The second kappa shape index (κ2) is 7.17. The lowest BCUT2D eigenvalue weighted by Gasteiger charge is -2.21. The van der Waals surface area contributed by atoms with Gasteiger partial charge in [0.15, 0.2) is 0 Å². The van der Waals surface area contributed by atoms with Crippen LogP contribution in [0.25, 0.3) is 0 Å². The molecule has 1 atom stereocenters. The van der Waals surface area contributed by atoms with E-state index in [1.54, 1.807) is 0 Å². The summed E-state index contributed by atoms with van der Waals surface area (Å²) < 4.78 is 5.74. The molecular formula is C16H24O3. The third kappa shape index (κ3) is 4.27. The topological polar surface area (TPSA) is 46.5 Å². The Labute approximate surface area is 115 Å². The van der Waals surface area contributed by atoms with Crippen LogP contribution in [0.4, 0.5) is 0 Å². The third-order valence-electron chi connectivity index (χ3n) is 3.23. The van der Waals surface area contributed by atoms with Crippen molar-refractivity contribution in [1.82, 2.24) is 0 Å². The summed E-state index contributed by atoms with van der Waals surface area (Å²) >= 11 is 0. The van der Waals surface area contributed by atoms with Gasteiger partial charge in [-0.1, -0.05) is 31.0 Å². The molecule has 1 rings (SSSR count). The van der Waals surface area contributed by atoms with E-state index >= 15 is 0 Å². The van der Waals surface area contributed by atoms with Crippen molar-refractivity contribution in [2.75, 3.05) is 6.61 Å². The van der Waals surface area contributed by atoms with Crippen LogP contribution in [-0.4, -0.2) is 17.7 Å². The smallest absolute Gasteiger partial charge is 0.303 e. The fourth-order valence-corrected chi connectivity index (χ4v) is 2.56. The molecule has 0 bridgehead atoms. The summed E-state index contributed by atoms with van der Waals surface area (Å²) in [5.41, 5.74) is 3.29. The molecule has 1 N–H and O–H groups in total. The van der Waals surface area contributed by atoms with E-state index in [1.165, 1.54) is 0 Å². The van der Waals surface area contributed by atoms with E-state index in [2.05, 4.69) is 19.1 Å². The molecule has 0 fully saturated rings. The average Bonchev–Trinajstić information content (AvgIpc) is 2.31. The first-order valence-corrected chi connectivity index (χ1v) is 6.95. The largest absolute Gasteiger partial charge is 0.493 e. The highest BCUT2D eigenvalue weighted by atomic mass is 16.5. The van der Waals surface area contributed by atoms with Gasteiger partial charge in [0.2, 0.25) is 0 Å². The van der Waals surface area contributed by atoms with Crippen LogP contribution in [0.1, 0.15) is 55.7 Å². The molecule has 0 spiro atoms. The average molecular weight is 264 g/mol. The van der Waals surface area contributed by atoms with Crippen LogP contribution in [0, 0.1) is 13.8 Å². The van der Waals surface area contributed by atoms with E-state index in [-0.39, 0.29) is 12.3 Å². The first-order valence-electron chi connectivity index (χ1n) is 6.95. The maximum atomic E-state index is 11.1. The predicted molar refractivity (Wildman–Crippen MR) is 77.0 cm³/mol. The number of hydrogen-bond donors (Lipinski definition) is 1. The zero-order valence-electron chi connectivity index (χ0n) is 12.3. The molecular weight excluding hydrogens is 240 g/mol. The van der Waals surface area contributed by atoms with Crippen molar-refractivity contribution < 1.29 is 14.6 Å². The molecule has 19 heavy (non-hydrogen) atoms. The minimum atomic E-state index is -0.750. The highest BCUT2D eigenvalue weighted by Crippen LogP contribution is 2.36. The molecule has 106 valence electrons. The number of ether oxygens (including phenoxy) is 1. The number of rotatable bonds is 7. The molecule has 0 aliphatic rings. The number of benzene rings is 1. The molecule has 1 aromatic carbocycles. The predicted octanol–water partition coefficient (Wildman–Crippen LogP) is 4.06. The molecule has 0 heterocycles. The number of carboxylic acids is 1. The molecule has 3 nitrogen and oxygen atoms in total. The molecule has 0 aromatic heterocycles. The molecule has 3 heteroatoms. The van der Waals surface area contributed by atoms with Gasteiger partial charge in [-0.25, -0.2) is 0 Å². The maximum absolute atomic E-state index is 11.1. The first-order chi connectivity index (χ1) is 8.99. The van der Waals surface area contributed by atoms with Crippen LogP contribution in [0.2, 0.25) is 0 Å². The lowest BCUT2D eigenvalue weighted by atomic mass is 9.88. The van der Waals surface area contributed by atoms with Gasteiger partial charge in [-0.3, -0.25) is 4.79 Å². The Kier molecular flexibility index (Phi) is 5.87. The summed E-state index contributed by atoms with van der Waals surface area (Å²) in [6, 6.07) is 4.15. The second-order valence-electron chi connectivity index (χ2n) is 5.02. The monoisotopic (exact) mass is 264 g/mol. The van der Waals surface area contributed by atoms with Crippen LogP contribution in [0.15, 0.2) is 12.1 Å². The number of carboxylic acid groups (broad SMARTS) is 1. The van der Waals surface area contributed by atoms with Gasteiger partial charge in [-0.05, 0) is 44.2 Å². The fourth-order valence-electron chi connectivity index (χ4n) is 2.56. The Hall–Kier alpha value is -1.51. The van der Waals surface area contributed by atoms with Crippen molar-refractivity contribution in [2.45, 2.75) is 52.9 Å². The Morgan fingerprint density at radius 1 is 1.32 bits per heavy atom. The summed E-state index contributed by atoms with van der Waals surface area (Å²) in [4.78, 5) is 11.1. The third-order valence-corrected chi connectivity index (χ3v) is 3.23. The Morgan fingerprint density at radius 3 is 2.53 bits per heavy atom. The lowest BCUT2D eigenvalue weighted by molar-refractivity contribution is -0.137. The van der Waals surface area contributed by atoms with Crippen LogP contribution in [0.5, 0.6) is 5.75 Å². The normalized spacial score (nSPS) is 12.2. The van der Waals surface area contributed by atoms with E-state index in [0.717, 1.165) is 35.3 Å². The van der Waals surface area contributed by atoms with Crippen LogP contribution in [-0.2, 0) is 4.79 Å². The SMILES string of the molecule is CCCC(CC(=O)O)c1cc(C)cc(C)c1OCC. The van der Waals surface area contributed by atoms with Gasteiger partial charge >= 0.3 is 5.97 Å². The minimum absolute atomic E-state index is 0.0302. The van der Waals surface area contributed by atoms with Crippen LogP contribution >= 0.6 is 0 Å². The van der Waals surface area contributed by atoms with Crippen LogP contribution in [0.3, 0.4) is 0 Å². The van der Waals surface area contributed by atoms with E-state index in [0.29, 0.717) is 6.61 Å². The Morgan fingerprint density at radius 2 is 2.00 bits per heavy atom. The van der Waals surface area contributed by atoms with Crippen molar-refractivity contribution in [3.8, 4) is 5.75 Å². The van der Waals surface area contributed by atoms with Crippen molar-refractivity contribution in [3.05, 3.63) is 28.8 Å². The molecule has 1 unspecified atom stereocenters. The first kappa shape index (κ1) is 15.5. The highest BCUT2D eigenvalue weighted by Gasteiger charge is 2.20.